The molecule has 19 heteroatoms. The summed E-state index contributed by atoms with van der Waals surface area (Å²) < 4.78 is 11.7. The zero-order valence-corrected chi connectivity index (χ0v) is 49.7. The molecule has 0 spiro atoms. The standard InChI is InChI=1S/C65H102O19/c1-6-25-49(67)37-50(68)29-22-30-51(69)38-54(72)41-55(73)39-52(70)31-23-32-53(71)40-56(74)42-57(75)43-59(77)46(4)60(84-65-64(82)63(81)62(80)47(5)83-65)34-21-17-11-9-7-8-10-16-20-33-58(76)45(3)36-44(2)26-18-14-12-13-15-19-27-48(66)28-24-35-61(78)79/h7-11,13,15-24,26-28,30,32-33,35,44-47,49-58,60,62-76,80-82H,6,12,14,25,29,31,34,36-43H2,1-5H3,(H,78,79). The van der Waals surface area contributed by atoms with Gasteiger partial charge in [-0.25, -0.2) is 4.79 Å². The number of carbonyl (C=O) groups is 2. The Morgan fingerprint density at radius 3 is 1.63 bits per heavy atom. The van der Waals surface area contributed by atoms with Gasteiger partial charge in [0.2, 0.25) is 0 Å². The summed E-state index contributed by atoms with van der Waals surface area (Å²) in [5.74, 6) is -2.20. The van der Waals surface area contributed by atoms with Gasteiger partial charge < -0.3 is 86.1 Å². The van der Waals surface area contributed by atoms with Gasteiger partial charge in [0.15, 0.2) is 6.29 Å². The average Bonchev–Trinajstić information content (AvgIpc) is 3.33. The maximum absolute atomic E-state index is 13.6. The van der Waals surface area contributed by atoms with Crippen molar-refractivity contribution in [1.82, 2.24) is 0 Å². The van der Waals surface area contributed by atoms with Gasteiger partial charge >= 0.3 is 5.97 Å². The average molecular weight is 1190 g/mol. The van der Waals surface area contributed by atoms with Crippen molar-refractivity contribution in [3.05, 3.63) is 146 Å². The summed E-state index contributed by atoms with van der Waals surface area (Å²) >= 11 is 0. The molecule has 0 amide bonds. The van der Waals surface area contributed by atoms with Crippen molar-refractivity contribution in [1.29, 1.82) is 0 Å². The van der Waals surface area contributed by atoms with Crippen molar-refractivity contribution < 1.29 is 95.7 Å². The number of Topliss-reactive ketones (excluding diaryl/α,β-unsaturated/α-hetero) is 1. The molecule has 0 bridgehead atoms. The zero-order chi connectivity index (χ0) is 63.0. The summed E-state index contributed by atoms with van der Waals surface area (Å²) in [6, 6.07) is 0. The zero-order valence-electron chi connectivity index (χ0n) is 49.7. The van der Waals surface area contributed by atoms with Crippen LogP contribution in [0.15, 0.2) is 146 Å². The first kappa shape index (κ1) is 77.2. The Kier molecular flexibility index (Phi) is 41.9. The third-order valence-electron chi connectivity index (χ3n) is 13.9. The number of allylic oxidation sites excluding steroid dienone is 16. The molecule has 476 valence electrons. The molecule has 19 nitrogen and oxygen atoms in total. The SMILES string of the molecule is CCCC(O)CC(O)CC=CC(O)CC(O)CC(O)CC(O)CC=CC(O)CC(O)CC(O)CC(=O)C(C)C(CC=CC=CC=CC=CC=CC(O)C(C)CC(C)C=CCCC=CC=CC(O)=CC=CC(=O)O)OC1OC(C)C(O)C(O)C1O. The molecule has 0 aliphatic carbocycles. The van der Waals surface area contributed by atoms with Gasteiger partial charge in [-0.15, -0.1) is 0 Å². The van der Waals surface area contributed by atoms with Crippen LogP contribution in [0, 0.1) is 17.8 Å². The van der Waals surface area contributed by atoms with E-state index in [2.05, 4.69) is 19.1 Å². The second kappa shape index (κ2) is 45.5. The lowest BCUT2D eigenvalue weighted by Crippen LogP contribution is -2.58. The van der Waals surface area contributed by atoms with Crippen LogP contribution in [0.4, 0.5) is 0 Å². The lowest BCUT2D eigenvalue weighted by molar-refractivity contribution is -0.306. The molecule has 19 atom stereocenters. The Morgan fingerprint density at radius 2 is 1.04 bits per heavy atom. The minimum absolute atomic E-state index is 0.0212. The van der Waals surface area contributed by atoms with Gasteiger partial charge in [0, 0.05) is 31.3 Å². The Hall–Kier alpha value is -4.78. The van der Waals surface area contributed by atoms with E-state index in [0.29, 0.717) is 6.42 Å². The van der Waals surface area contributed by atoms with Crippen LogP contribution >= 0.6 is 0 Å². The molecule has 0 aromatic carbocycles. The van der Waals surface area contributed by atoms with Crippen molar-refractivity contribution in [3.63, 3.8) is 0 Å². The third kappa shape index (κ3) is 37.6. The number of ether oxygens (including phenoxy) is 2. The van der Waals surface area contributed by atoms with E-state index < -0.39 is 116 Å². The predicted octanol–water partition coefficient (Wildman–Crippen LogP) is 5.80. The van der Waals surface area contributed by atoms with Crippen molar-refractivity contribution in [2.75, 3.05) is 0 Å². The number of rotatable bonds is 44. The number of aliphatic carboxylic acids is 1. The summed E-state index contributed by atoms with van der Waals surface area (Å²) in [7, 11) is 0. The monoisotopic (exact) mass is 1190 g/mol. The van der Waals surface area contributed by atoms with Crippen LogP contribution in [0.2, 0.25) is 0 Å². The summed E-state index contributed by atoms with van der Waals surface area (Å²) in [6.45, 7) is 9.10. The van der Waals surface area contributed by atoms with Gasteiger partial charge in [0.25, 0.3) is 0 Å². The van der Waals surface area contributed by atoms with Gasteiger partial charge in [0.1, 0.15) is 29.9 Å². The predicted molar refractivity (Wildman–Crippen MR) is 324 cm³/mol. The van der Waals surface area contributed by atoms with Gasteiger partial charge in [-0.1, -0.05) is 156 Å². The topological polar surface area (TPSA) is 356 Å². The maximum atomic E-state index is 13.6. The summed E-state index contributed by atoms with van der Waals surface area (Å²) in [5, 5.41) is 154. The fourth-order valence-electron chi connectivity index (χ4n) is 9.06. The highest BCUT2D eigenvalue weighted by Crippen LogP contribution is 2.27. The lowest BCUT2D eigenvalue weighted by atomic mass is 9.91. The molecule has 0 aromatic heterocycles. The second-order valence-corrected chi connectivity index (χ2v) is 22.0. The van der Waals surface area contributed by atoms with Crippen molar-refractivity contribution in [2.45, 2.75) is 229 Å². The summed E-state index contributed by atoms with van der Waals surface area (Å²) in [4.78, 5) is 24.0. The number of ketones is 1. The van der Waals surface area contributed by atoms with E-state index >= 15 is 0 Å². The van der Waals surface area contributed by atoms with Crippen LogP contribution in [0.3, 0.4) is 0 Å². The summed E-state index contributed by atoms with van der Waals surface area (Å²) in [5.41, 5.74) is 0. The lowest BCUT2D eigenvalue weighted by Gasteiger charge is -2.41. The molecule has 84 heavy (non-hydrogen) atoms. The number of aliphatic hydroxyl groups is 14. The van der Waals surface area contributed by atoms with Crippen LogP contribution in [0.1, 0.15) is 131 Å². The van der Waals surface area contributed by atoms with Crippen molar-refractivity contribution >= 4 is 11.8 Å². The van der Waals surface area contributed by atoms with Gasteiger partial charge in [0.05, 0.1) is 73.2 Å². The maximum Gasteiger partial charge on any atom is 0.328 e. The fourth-order valence-corrected chi connectivity index (χ4v) is 9.06. The smallest absolute Gasteiger partial charge is 0.328 e. The highest BCUT2D eigenvalue weighted by molar-refractivity contribution is 5.81. The normalized spacial score (nSPS) is 24.0. The van der Waals surface area contributed by atoms with Crippen molar-refractivity contribution in [2.24, 2.45) is 17.8 Å². The first-order valence-electron chi connectivity index (χ1n) is 29.5. The van der Waals surface area contributed by atoms with E-state index in [1.54, 1.807) is 85.9 Å². The molecular weight excluding hydrogens is 1080 g/mol. The molecule has 1 rings (SSSR count). The Bertz CT molecular complexity index is 2160. The number of carboxylic acid groups (broad SMARTS) is 1. The number of carbonyl (C=O) groups excluding carboxylic acids is 1. The number of aliphatic hydroxyl groups excluding tert-OH is 14. The van der Waals surface area contributed by atoms with Crippen LogP contribution < -0.4 is 0 Å². The molecule has 1 heterocycles. The van der Waals surface area contributed by atoms with E-state index in [-0.39, 0.29) is 81.8 Å². The first-order valence-corrected chi connectivity index (χ1v) is 29.5. The van der Waals surface area contributed by atoms with E-state index in [1.165, 1.54) is 43.4 Å². The molecule has 15 N–H and O–H groups in total. The summed E-state index contributed by atoms with van der Waals surface area (Å²) in [6.07, 6.45) is 23.6. The largest absolute Gasteiger partial charge is 0.508 e. The number of hydrogen-bond donors (Lipinski definition) is 15. The van der Waals surface area contributed by atoms with Crippen LogP contribution in [0.25, 0.3) is 0 Å². The fraction of sp³-hybridized carbons (Fsp3) is 0.600. The molecule has 1 aliphatic heterocycles. The van der Waals surface area contributed by atoms with E-state index in [0.717, 1.165) is 31.8 Å². The molecule has 1 saturated heterocycles. The Balaban J connectivity index is 2.67. The van der Waals surface area contributed by atoms with Crippen LogP contribution in [-0.2, 0) is 19.1 Å². The van der Waals surface area contributed by atoms with E-state index in [1.807, 2.05) is 19.9 Å². The molecule has 1 fully saturated rings. The molecular formula is C65H102O19. The molecule has 0 radical (unpaired) electrons. The molecule has 1 aliphatic rings. The number of unbranched alkanes of at least 4 members (excludes halogenated alkanes) is 1. The van der Waals surface area contributed by atoms with E-state index in [9.17, 15) is 81.1 Å². The number of carboxylic acids is 1. The van der Waals surface area contributed by atoms with Crippen molar-refractivity contribution in [3.8, 4) is 0 Å². The van der Waals surface area contributed by atoms with Crippen LogP contribution in [0.5, 0.6) is 0 Å². The molecule has 0 aromatic rings. The highest BCUT2D eigenvalue weighted by atomic mass is 16.7. The Labute approximate surface area is 497 Å². The quantitative estimate of drug-likeness (QED) is 0.0113. The minimum Gasteiger partial charge on any atom is -0.508 e. The minimum atomic E-state index is -1.63. The van der Waals surface area contributed by atoms with Gasteiger partial charge in [-0.2, -0.15) is 0 Å². The van der Waals surface area contributed by atoms with Crippen LogP contribution in [-0.4, -0.2) is 186 Å². The first-order chi connectivity index (χ1) is 39.8. The van der Waals surface area contributed by atoms with Gasteiger partial charge in [-0.05, 0) is 102 Å². The highest BCUT2D eigenvalue weighted by Gasteiger charge is 2.44. The Morgan fingerprint density at radius 1 is 0.512 bits per heavy atom. The number of hydrogen-bond acceptors (Lipinski definition) is 18. The van der Waals surface area contributed by atoms with Gasteiger partial charge in [-0.3, -0.25) is 4.79 Å². The second-order valence-electron chi connectivity index (χ2n) is 22.0. The molecule has 0 saturated carbocycles. The van der Waals surface area contributed by atoms with E-state index in [4.69, 9.17) is 14.6 Å². The third-order valence-corrected chi connectivity index (χ3v) is 13.9. The molecule has 19 unspecified atom stereocenters.